The molecule has 6 nitrogen and oxygen atoms in total. The Balaban J connectivity index is 1.58. The van der Waals surface area contributed by atoms with Crippen LogP contribution in [0.5, 0.6) is 0 Å². The number of esters is 1. The van der Waals surface area contributed by atoms with Gasteiger partial charge in [-0.2, -0.15) is 0 Å². The van der Waals surface area contributed by atoms with Crippen molar-refractivity contribution in [2.24, 2.45) is 17.8 Å². The van der Waals surface area contributed by atoms with Crippen molar-refractivity contribution >= 4 is 16.0 Å². The van der Waals surface area contributed by atoms with Crippen molar-refractivity contribution in [3.05, 3.63) is 17.9 Å². The SMILES string of the molecule is CN(C)S(=O)(=O)c1ccc(COC(=O)C2CC3CCC2C3)o1. The largest absolute Gasteiger partial charge is 0.457 e. The highest BCUT2D eigenvalue weighted by atomic mass is 32.2. The molecule has 0 N–H and O–H groups in total. The third kappa shape index (κ3) is 2.79. The highest BCUT2D eigenvalue weighted by molar-refractivity contribution is 7.88. The lowest BCUT2D eigenvalue weighted by molar-refractivity contribution is -0.152. The van der Waals surface area contributed by atoms with Gasteiger partial charge in [-0.15, -0.1) is 0 Å². The van der Waals surface area contributed by atoms with Crippen LogP contribution in [-0.4, -0.2) is 32.8 Å². The Morgan fingerprint density at radius 3 is 2.68 bits per heavy atom. The Morgan fingerprint density at radius 1 is 1.32 bits per heavy atom. The van der Waals surface area contributed by atoms with Crippen LogP contribution in [0.15, 0.2) is 21.6 Å². The second kappa shape index (κ2) is 5.70. The zero-order chi connectivity index (χ0) is 15.9. The fourth-order valence-corrected chi connectivity index (χ4v) is 4.35. The van der Waals surface area contributed by atoms with Crippen molar-refractivity contribution in [1.82, 2.24) is 4.31 Å². The van der Waals surface area contributed by atoms with Crippen LogP contribution in [0, 0.1) is 17.8 Å². The van der Waals surface area contributed by atoms with Gasteiger partial charge >= 0.3 is 5.97 Å². The lowest BCUT2D eigenvalue weighted by Gasteiger charge is -2.19. The summed E-state index contributed by atoms with van der Waals surface area (Å²) in [5.74, 6) is 1.33. The highest BCUT2D eigenvalue weighted by Gasteiger charge is 2.43. The Morgan fingerprint density at radius 2 is 2.09 bits per heavy atom. The van der Waals surface area contributed by atoms with Gasteiger partial charge in [0.1, 0.15) is 12.4 Å². The number of hydrogen-bond acceptors (Lipinski definition) is 5. The van der Waals surface area contributed by atoms with E-state index in [-0.39, 0.29) is 23.6 Å². The number of nitrogens with zero attached hydrogens (tertiary/aromatic N) is 1. The van der Waals surface area contributed by atoms with Crippen molar-refractivity contribution in [2.75, 3.05) is 14.1 Å². The van der Waals surface area contributed by atoms with E-state index in [1.807, 2.05) is 0 Å². The van der Waals surface area contributed by atoms with Crippen LogP contribution in [0.25, 0.3) is 0 Å². The van der Waals surface area contributed by atoms with Gasteiger partial charge in [-0.25, -0.2) is 12.7 Å². The number of hydrogen-bond donors (Lipinski definition) is 0. The van der Waals surface area contributed by atoms with Gasteiger partial charge in [-0.3, -0.25) is 4.79 Å². The van der Waals surface area contributed by atoms with Gasteiger partial charge in [-0.05, 0) is 43.2 Å². The van der Waals surface area contributed by atoms with Gasteiger partial charge in [0.2, 0.25) is 5.09 Å². The number of carbonyl (C=O) groups is 1. The van der Waals surface area contributed by atoms with Gasteiger partial charge < -0.3 is 9.15 Å². The normalized spacial score (nSPS) is 27.5. The third-order valence-corrected chi connectivity index (χ3v) is 6.46. The van der Waals surface area contributed by atoms with Gasteiger partial charge in [0.25, 0.3) is 10.0 Å². The predicted molar refractivity (Wildman–Crippen MR) is 78.3 cm³/mol. The molecule has 7 heteroatoms. The summed E-state index contributed by atoms with van der Waals surface area (Å²) in [4.78, 5) is 12.1. The van der Waals surface area contributed by atoms with E-state index >= 15 is 0 Å². The maximum absolute atomic E-state index is 12.1. The van der Waals surface area contributed by atoms with Crippen molar-refractivity contribution in [1.29, 1.82) is 0 Å². The molecule has 0 spiro atoms. The van der Waals surface area contributed by atoms with Crippen molar-refractivity contribution < 1.29 is 22.4 Å². The van der Waals surface area contributed by atoms with E-state index in [0.29, 0.717) is 17.6 Å². The zero-order valence-electron chi connectivity index (χ0n) is 12.8. The molecule has 0 radical (unpaired) electrons. The molecule has 2 aliphatic rings. The van der Waals surface area contributed by atoms with Crippen molar-refractivity contribution in [3.8, 4) is 0 Å². The van der Waals surface area contributed by atoms with E-state index in [0.717, 1.165) is 23.6 Å². The Labute approximate surface area is 130 Å². The first-order valence-electron chi connectivity index (χ1n) is 7.56. The van der Waals surface area contributed by atoms with Gasteiger partial charge in [0.05, 0.1) is 5.92 Å². The molecule has 122 valence electrons. The third-order valence-electron chi connectivity index (χ3n) is 4.77. The zero-order valence-corrected chi connectivity index (χ0v) is 13.6. The number of furan rings is 1. The molecule has 3 rings (SSSR count). The molecule has 0 aromatic carbocycles. The van der Waals surface area contributed by atoms with E-state index in [4.69, 9.17) is 9.15 Å². The first-order valence-corrected chi connectivity index (χ1v) is 9.00. The van der Waals surface area contributed by atoms with Crippen LogP contribution < -0.4 is 0 Å². The second-order valence-corrected chi connectivity index (χ2v) is 8.48. The van der Waals surface area contributed by atoms with E-state index in [1.54, 1.807) is 0 Å². The molecule has 2 bridgehead atoms. The first kappa shape index (κ1) is 15.6. The summed E-state index contributed by atoms with van der Waals surface area (Å²) in [6, 6.07) is 2.92. The summed E-state index contributed by atoms with van der Waals surface area (Å²) in [5.41, 5.74) is 0. The van der Waals surface area contributed by atoms with Crippen LogP contribution in [0.1, 0.15) is 31.4 Å². The molecule has 0 aliphatic heterocycles. The Kier molecular flexibility index (Phi) is 4.03. The number of sulfonamides is 1. The molecule has 3 atom stereocenters. The Bertz CT molecular complexity index is 663. The monoisotopic (exact) mass is 327 g/mol. The summed E-state index contributed by atoms with van der Waals surface area (Å²) in [5, 5.41) is -0.136. The molecule has 22 heavy (non-hydrogen) atoms. The Hall–Kier alpha value is -1.34. The molecule has 2 saturated carbocycles. The van der Waals surface area contributed by atoms with E-state index in [2.05, 4.69) is 0 Å². The van der Waals surface area contributed by atoms with Crippen LogP contribution in [0.2, 0.25) is 0 Å². The van der Waals surface area contributed by atoms with Crippen LogP contribution in [0.4, 0.5) is 0 Å². The standard InChI is InChI=1S/C15H21NO5S/c1-16(2)22(18,19)14-6-5-12(21-14)9-20-15(17)13-8-10-3-4-11(13)7-10/h5-6,10-11,13H,3-4,7-9H2,1-2H3. The molecule has 1 heterocycles. The van der Waals surface area contributed by atoms with E-state index in [9.17, 15) is 13.2 Å². The number of rotatable bonds is 5. The van der Waals surface area contributed by atoms with Gasteiger partial charge in [0.15, 0.2) is 0 Å². The van der Waals surface area contributed by atoms with Gasteiger partial charge in [-0.1, -0.05) is 6.42 Å². The predicted octanol–water partition coefficient (Wildman–Crippen LogP) is 2.01. The number of ether oxygens (including phenoxy) is 1. The lowest BCUT2D eigenvalue weighted by atomic mass is 9.89. The maximum atomic E-state index is 12.1. The first-order chi connectivity index (χ1) is 10.4. The minimum absolute atomic E-state index is 0.0127. The van der Waals surface area contributed by atoms with Crippen molar-refractivity contribution in [3.63, 3.8) is 0 Å². The molecule has 0 saturated heterocycles. The van der Waals surface area contributed by atoms with E-state index < -0.39 is 10.0 Å². The molecule has 3 unspecified atom stereocenters. The molecule has 2 fully saturated rings. The minimum atomic E-state index is -3.59. The highest BCUT2D eigenvalue weighted by Crippen LogP contribution is 2.48. The van der Waals surface area contributed by atoms with Crippen LogP contribution in [-0.2, 0) is 26.2 Å². The molecule has 0 amide bonds. The van der Waals surface area contributed by atoms with Crippen LogP contribution >= 0.6 is 0 Å². The summed E-state index contributed by atoms with van der Waals surface area (Å²) in [6.45, 7) is -0.0182. The topological polar surface area (TPSA) is 76.8 Å². The van der Waals surface area contributed by atoms with Crippen LogP contribution in [0.3, 0.4) is 0 Å². The quantitative estimate of drug-likeness (QED) is 0.773. The molecular weight excluding hydrogens is 306 g/mol. The fraction of sp³-hybridized carbons (Fsp3) is 0.667. The molecule has 2 aliphatic carbocycles. The average molecular weight is 327 g/mol. The van der Waals surface area contributed by atoms with Crippen molar-refractivity contribution in [2.45, 2.75) is 37.4 Å². The maximum Gasteiger partial charge on any atom is 0.309 e. The lowest BCUT2D eigenvalue weighted by Crippen LogP contribution is -2.23. The van der Waals surface area contributed by atoms with E-state index in [1.165, 1.54) is 32.6 Å². The van der Waals surface area contributed by atoms with Gasteiger partial charge in [0, 0.05) is 14.1 Å². The second-order valence-electron chi connectivity index (χ2n) is 6.40. The average Bonchev–Trinajstić information content (AvgIpc) is 3.20. The number of fused-ring (bicyclic) bond motifs is 2. The summed E-state index contributed by atoms with van der Waals surface area (Å²) in [6.07, 6.45) is 4.43. The fourth-order valence-electron chi connectivity index (χ4n) is 3.54. The smallest absolute Gasteiger partial charge is 0.309 e. The summed E-state index contributed by atoms with van der Waals surface area (Å²) >= 11 is 0. The summed E-state index contributed by atoms with van der Waals surface area (Å²) < 4.78 is 35.5. The minimum Gasteiger partial charge on any atom is -0.457 e. The number of carbonyl (C=O) groups excluding carboxylic acids is 1. The molecular formula is C15H21NO5S. The molecule has 1 aromatic rings. The summed E-state index contributed by atoms with van der Waals surface area (Å²) in [7, 11) is -0.717. The molecule has 1 aromatic heterocycles.